The summed E-state index contributed by atoms with van der Waals surface area (Å²) in [5.74, 6) is 0. The number of hydrogen-bond acceptors (Lipinski definition) is 5. The number of fused-ring (bicyclic) bond motifs is 1. The smallest absolute Gasteiger partial charge is 0.410 e. The van der Waals surface area contributed by atoms with Crippen molar-refractivity contribution in [3.05, 3.63) is 149 Å². The van der Waals surface area contributed by atoms with E-state index in [0.717, 1.165) is 47.2 Å². The number of likely N-dealkylation sites (tertiary alicyclic amines) is 1. The number of carbonyl (C=O) groups excluding carboxylic acids is 1. The number of benzene rings is 3. The zero-order chi connectivity index (χ0) is 32.0. The van der Waals surface area contributed by atoms with Crippen LogP contribution >= 0.6 is 15.9 Å². The SMILES string of the molecule is C=CC1(c2cccc(-c3ccnc4c3C=NC4)c2)CCNC1.C=CC1(c2cccc(Br)c2)CCN(C(=O)OCc2ccccc2)C1. The van der Waals surface area contributed by atoms with Crippen LogP contribution in [0.1, 0.15) is 40.8 Å². The largest absolute Gasteiger partial charge is 0.445 e. The molecular formula is C39H39BrN4O2. The fraction of sp³-hybridized carbons (Fsp3) is 0.256. The number of carbonyl (C=O) groups is 1. The zero-order valence-corrected chi connectivity index (χ0v) is 27.6. The molecule has 0 saturated carbocycles. The number of rotatable bonds is 7. The minimum absolute atomic E-state index is 0.0559. The molecule has 0 aliphatic carbocycles. The number of amides is 1. The third kappa shape index (κ3) is 6.62. The average Bonchev–Trinajstić information content (AvgIpc) is 3.89. The van der Waals surface area contributed by atoms with Crippen LogP contribution in [0, 0.1) is 0 Å². The number of halogens is 1. The van der Waals surface area contributed by atoms with Crippen LogP contribution in [0.5, 0.6) is 0 Å². The van der Waals surface area contributed by atoms with Crippen molar-refractivity contribution < 1.29 is 9.53 Å². The Morgan fingerprint density at radius 2 is 1.74 bits per heavy atom. The van der Waals surface area contributed by atoms with E-state index in [1.54, 1.807) is 4.90 Å². The van der Waals surface area contributed by atoms with Crippen molar-refractivity contribution in [2.45, 2.75) is 36.8 Å². The topological polar surface area (TPSA) is 66.8 Å². The van der Waals surface area contributed by atoms with Gasteiger partial charge >= 0.3 is 6.09 Å². The molecule has 46 heavy (non-hydrogen) atoms. The Hall–Kier alpha value is -4.33. The van der Waals surface area contributed by atoms with Gasteiger partial charge in [-0.3, -0.25) is 9.98 Å². The van der Waals surface area contributed by atoms with Crippen molar-refractivity contribution >= 4 is 28.2 Å². The van der Waals surface area contributed by atoms with E-state index in [2.05, 4.69) is 92.9 Å². The maximum atomic E-state index is 12.4. The Morgan fingerprint density at radius 3 is 2.48 bits per heavy atom. The molecule has 2 saturated heterocycles. The Kier molecular flexibility index (Phi) is 9.61. The van der Waals surface area contributed by atoms with Crippen LogP contribution in [-0.4, -0.2) is 48.4 Å². The molecule has 4 heterocycles. The molecule has 4 aromatic rings. The number of ether oxygens (including phenoxy) is 1. The van der Waals surface area contributed by atoms with Crippen molar-refractivity contribution in [1.29, 1.82) is 0 Å². The van der Waals surface area contributed by atoms with Crippen molar-refractivity contribution in [3.63, 3.8) is 0 Å². The van der Waals surface area contributed by atoms with Gasteiger partial charge in [0.15, 0.2) is 0 Å². The lowest BCUT2D eigenvalue weighted by Crippen LogP contribution is -2.33. The second kappa shape index (κ2) is 14.0. The van der Waals surface area contributed by atoms with E-state index >= 15 is 0 Å². The lowest BCUT2D eigenvalue weighted by molar-refractivity contribution is 0.103. The molecule has 2 atom stereocenters. The van der Waals surface area contributed by atoms with Crippen LogP contribution in [0.3, 0.4) is 0 Å². The summed E-state index contributed by atoms with van der Waals surface area (Å²) >= 11 is 3.52. The van der Waals surface area contributed by atoms with Crippen LogP contribution in [0.4, 0.5) is 4.79 Å². The van der Waals surface area contributed by atoms with E-state index in [1.165, 1.54) is 22.3 Å². The first-order valence-electron chi connectivity index (χ1n) is 15.7. The maximum absolute atomic E-state index is 12.4. The number of aromatic nitrogens is 1. The van der Waals surface area contributed by atoms with Gasteiger partial charge in [-0.1, -0.05) is 94.8 Å². The number of pyridine rings is 1. The fourth-order valence-corrected chi connectivity index (χ4v) is 7.03. The van der Waals surface area contributed by atoms with E-state index in [1.807, 2.05) is 61.0 Å². The van der Waals surface area contributed by atoms with E-state index < -0.39 is 0 Å². The molecule has 3 aliphatic heterocycles. The molecule has 0 radical (unpaired) electrons. The second-order valence-corrected chi connectivity index (χ2v) is 13.1. The molecule has 0 spiro atoms. The number of hydrogen-bond donors (Lipinski definition) is 1. The highest BCUT2D eigenvalue weighted by atomic mass is 79.9. The predicted molar refractivity (Wildman–Crippen MR) is 189 cm³/mol. The monoisotopic (exact) mass is 674 g/mol. The van der Waals surface area contributed by atoms with Crippen LogP contribution in [0.25, 0.3) is 11.1 Å². The van der Waals surface area contributed by atoms with E-state index in [9.17, 15) is 4.79 Å². The molecule has 234 valence electrons. The van der Waals surface area contributed by atoms with Gasteiger partial charge in [0.2, 0.25) is 0 Å². The van der Waals surface area contributed by atoms with E-state index in [4.69, 9.17) is 4.74 Å². The molecule has 2 fully saturated rings. The van der Waals surface area contributed by atoms with Crippen LogP contribution < -0.4 is 5.32 Å². The number of nitrogens with one attached hydrogen (secondary N) is 1. The van der Waals surface area contributed by atoms with Gasteiger partial charge < -0.3 is 15.0 Å². The van der Waals surface area contributed by atoms with Crippen LogP contribution in [0.15, 0.2) is 126 Å². The highest BCUT2D eigenvalue weighted by Crippen LogP contribution is 2.38. The van der Waals surface area contributed by atoms with Crippen molar-refractivity contribution in [2.75, 3.05) is 26.2 Å². The van der Waals surface area contributed by atoms with Crippen molar-refractivity contribution in [3.8, 4) is 11.1 Å². The molecule has 1 aromatic heterocycles. The molecule has 6 nitrogen and oxygen atoms in total. The van der Waals surface area contributed by atoms with Gasteiger partial charge in [-0.2, -0.15) is 0 Å². The molecule has 0 bridgehead atoms. The zero-order valence-electron chi connectivity index (χ0n) is 26.0. The second-order valence-electron chi connectivity index (χ2n) is 12.1. The first-order chi connectivity index (χ1) is 22.4. The van der Waals surface area contributed by atoms with Crippen molar-refractivity contribution in [2.24, 2.45) is 4.99 Å². The van der Waals surface area contributed by atoms with Gasteiger partial charge in [0, 0.05) is 52.9 Å². The molecule has 2 unspecified atom stereocenters. The lowest BCUT2D eigenvalue weighted by atomic mass is 9.79. The highest BCUT2D eigenvalue weighted by Gasteiger charge is 2.39. The van der Waals surface area contributed by atoms with Gasteiger partial charge in [-0.15, -0.1) is 13.2 Å². The summed E-state index contributed by atoms with van der Waals surface area (Å²) in [4.78, 5) is 22.9. The molecule has 1 amide bonds. The standard InChI is InChI=1S/C20H20BrNO2.C19H19N3/c1-2-20(17-9-6-10-18(21)13-17)11-12-22(15-20)19(23)24-14-16-7-4-3-5-8-16;1-2-19(7-9-20-13-19)15-5-3-4-14(10-15)16-6-8-22-18-12-21-11-17(16)18/h2-10,13H,1,11-12,14-15H2;2-6,8,10-11,20H,1,7,9,12-13H2. The first-order valence-corrected chi connectivity index (χ1v) is 16.5. The fourth-order valence-electron chi connectivity index (χ4n) is 6.63. The summed E-state index contributed by atoms with van der Waals surface area (Å²) in [6, 6.07) is 28.9. The number of nitrogens with zero attached hydrogens (tertiary/aromatic N) is 3. The minimum Gasteiger partial charge on any atom is -0.445 e. The van der Waals surface area contributed by atoms with Gasteiger partial charge in [0.05, 0.1) is 12.2 Å². The summed E-state index contributed by atoms with van der Waals surface area (Å²) in [6.07, 6.45) is 9.59. The number of aliphatic imine (C=N–C) groups is 1. The molecule has 3 aliphatic rings. The minimum atomic E-state index is -0.266. The average molecular weight is 676 g/mol. The lowest BCUT2D eigenvalue weighted by Gasteiger charge is -2.26. The summed E-state index contributed by atoms with van der Waals surface area (Å²) in [6.45, 7) is 12.4. The van der Waals surface area contributed by atoms with E-state index in [0.29, 0.717) is 26.2 Å². The molecule has 7 heteroatoms. The van der Waals surface area contributed by atoms with Gasteiger partial charge in [-0.05, 0) is 65.4 Å². The Balaban J connectivity index is 0.000000162. The van der Waals surface area contributed by atoms with E-state index in [-0.39, 0.29) is 16.9 Å². The van der Waals surface area contributed by atoms with Crippen LogP contribution in [-0.2, 0) is 28.7 Å². The first kappa shape index (κ1) is 31.6. The van der Waals surface area contributed by atoms with Gasteiger partial charge in [-0.25, -0.2) is 4.79 Å². The third-order valence-electron chi connectivity index (χ3n) is 9.42. The molecule has 3 aromatic carbocycles. The summed E-state index contributed by atoms with van der Waals surface area (Å²) in [5, 5.41) is 3.46. The Labute approximate surface area is 280 Å². The quantitative estimate of drug-likeness (QED) is 0.202. The van der Waals surface area contributed by atoms with Crippen molar-refractivity contribution in [1.82, 2.24) is 15.2 Å². The predicted octanol–water partition coefficient (Wildman–Crippen LogP) is 8.01. The normalized spacial score (nSPS) is 21.3. The third-order valence-corrected chi connectivity index (χ3v) is 9.91. The Morgan fingerprint density at radius 1 is 0.957 bits per heavy atom. The molecular weight excluding hydrogens is 636 g/mol. The highest BCUT2D eigenvalue weighted by molar-refractivity contribution is 9.10. The van der Waals surface area contributed by atoms with Gasteiger partial charge in [0.25, 0.3) is 0 Å². The summed E-state index contributed by atoms with van der Waals surface area (Å²) in [7, 11) is 0. The maximum Gasteiger partial charge on any atom is 0.410 e. The molecule has 7 rings (SSSR count). The Bertz CT molecular complexity index is 1750. The summed E-state index contributed by atoms with van der Waals surface area (Å²) in [5.41, 5.74) is 8.04. The van der Waals surface area contributed by atoms with Gasteiger partial charge in [0.1, 0.15) is 6.61 Å². The van der Waals surface area contributed by atoms with Crippen LogP contribution in [0.2, 0.25) is 0 Å². The summed E-state index contributed by atoms with van der Waals surface area (Å²) < 4.78 is 6.49. The molecule has 1 N–H and O–H groups in total.